The van der Waals surface area contributed by atoms with Gasteiger partial charge in [0.2, 0.25) is 5.91 Å². The van der Waals surface area contributed by atoms with Gasteiger partial charge in [-0.25, -0.2) is 0 Å². The molecule has 6 nitrogen and oxygen atoms in total. The van der Waals surface area contributed by atoms with E-state index >= 15 is 0 Å². The van der Waals surface area contributed by atoms with E-state index in [1.807, 2.05) is 22.6 Å². The molecule has 2 aromatic heterocycles. The standard InChI is InChI=1S/C28H36N4O2S/c1-30-24-11-18-35-26(24)20-25(30)28(34)32-15-9-23(10-16-32)27(33)29-12-17-31-13-7-22(8-14-31)19-21-5-3-2-4-6-21/h2-6,11,18,20,22-23H,7-10,12-17,19H2,1H3,(H,29,33). The van der Waals surface area contributed by atoms with Crippen LogP contribution in [0.15, 0.2) is 47.8 Å². The van der Waals surface area contributed by atoms with Gasteiger partial charge in [-0.3, -0.25) is 9.59 Å². The largest absolute Gasteiger partial charge is 0.355 e. The van der Waals surface area contributed by atoms with E-state index in [1.54, 1.807) is 11.3 Å². The molecule has 186 valence electrons. The summed E-state index contributed by atoms with van der Waals surface area (Å²) in [5, 5.41) is 5.22. The molecule has 0 saturated carbocycles. The number of thiophene rings is 1. The van der Waals surface area contributed by atoms with Crippen molar-refractivity contribution < 1.29 is 9.59 Å². The van der Waals surface area contributed by atoms with Gasteiger partial charge in [0.05, 0.1) is 10.2 Å². The van der Waals surface area contributed by atoms with Crippen LogP contribution in [0.2, 0.25) is 0 Å². The highest BCUT2D eigenvalue weighted by Gasteiger charge is 2.29. The van der Waals surface area contributed by atoms with E-state index < -0.39 is 0 Å². The quantitative estimate of drug-likeness (QED) is 0.539. The summed E-state index contributed by atoms with van der Waals surface area (Å²) in [5.74, 6) is 0.997. The van der Waals surface area contributed by atoms with Gasteiger partial charge in [-0.2, -0.15) is 0 Å². The van der Waals surface area contributed by atoms with Gasteiger partial charge in [0.15, 0.2) is 0 Å². The van der Waals surface area contributed by atoms with Crippen molar-refractivity contribution >= 4 is 33.4 Å². The topological polar surface area (TPSA) is 57.6 Å². The first kappa shape index (κ1) is 24.1. The van der Waals surface area contributed by atoms with Gasteiger partial charge in [-0.1, -0.05) is 30.3 Å². The van der Waals surface area contributed by atoms with Crippen molar-refractivity contribution in [2.75, 3.05) is 39.3 Å². The van der Waals surface area contributed by atoms with Gasteiger partial charge >= 0.3 is 0 Å². The number of nitrogens with one attached hydrogen (secondary N) is 1. The van der Waals surface area contributed by atoms with E-state index in [9.17, 15) is 9.59 Å². The molecule has 0 radical (unpaired) electrons. The monoisotopic (exact) mass is 492 g/mol. The molecule has 2 amide bonds. The number of nitrogens with zero attached hydrogens (tertiary/aromatic N) is 3. The van der Waals surface area contributed by atoms with Gasteiger partial charge in [0.1, 0.15) is 5.69 Å². The molecule has 35 heavy (non-hydrogen) atoms. The summed E-state index contributed by atoms with van der Waals surface area (Å²) in [6, 6.07) is 14.8. The van der Waals surface area contributed by atoms with Crippen LogP contribution in [0.5, 0.6) is 0 Å². The summed E-state index contributed by atoms with van der Waals surface area (Å²) in [6.45, 7) is 5.15. The number of amides is 2. The maximum atomic E-state index is 13.0. The fourth-order valence-corrected chi connectivity index (χ4v) is 6.45. The number of fused-ring (bicyclic) bond motifs is 1. The van der Waals surface area contributed by atoms with Gasteiger partial charge in [-0.05, 0) is 74.2 Å². The molecule has 2 saturated heterocycles. The fourth-order valence-electron chi connectivity index (χ4n) is 5.61. The van der Waals surface area contributed by atoms with Crippen molar-refractivity contribution in [3.8, 4) is 0 Å². The second-order valence-corrected chi connectivity index (χ2v) is 11.0. The van der Waals surface area contributed by atoms with Crippen LogP contribution in [0, 0.1) is 11.8 Å². The van der Waals surface area contributed by atoms with Crippen LogP contribution in [-0.2, 0) is 18.3 Å². The first-order valence-corrected chi connectivity index (χ1v) is 13.8. The summed E-state index contributed by atoms with van der Waals surface area (Å²) in [5.41, 5.74) is 3.28. The Morgan fingerprint density at radius 3 is 2.46 bits per heavy atom. The summed E-state index contributed by atoms with van der Waals surface area (Å²) in [6.07, 6.45) is 5.11. The molecular weight excluding hydrogens is 456 g/mol. The Kier molecular flexibility index (Phi) is 7.54. The molecule has 1 N–H and O–H groups in total. The molecule has 2 aliphatic rings. The minimum absolute atomic E-state index is 0.00700. The van der Waals surface area contributed by atoms with E-state index in [4.69, 9.17) is 0 Å². The van der Waals surface area contributed by atoms with Crippen molar-refractivity contribution in [3.05, 3.63) is 59.1 Å². The molecule has 2 aliphatic heterocycles. The summed E-state index contributed by atoms with van der Waals surface area (Å²) >= 11 is 1.66. The van der Waals surface area contributed by atoms with Gasteiger partial charge in [0, 0.05) is 39.1 Å². The number of rotatable bonds is 7. The lowest BCUT2D eigenvalue weighted by Gasteiger charge is -2.33. The smallest absolute Gasteiger partial charge is 0.270 e. The highest BCUT2D eigenvalue weighted by Crippen LogP contribution is 2.26. The Morgan fingerprint density at radius 2 is 1.74 bits per heavy atom. The number of aryl methyl sites for hydroxylation is 1. The van der Waals surface area contributed by atoms with Crippen LogP contribution in [-0.4, -0.2) is 65.4 Å². The highest BCUT2D eigenvalue weighted by molar-refractivity contribution is 7.17. The zero-order valence-corrected chi connectivity index (χ0v) is 21.4. The summed E-state index contributed by atoms with van der Waals surface area (Å²) in [7, 11) is 1.95. The molecule has 0 unspecified atom stereocenters. The number of hydrogen-bond donors (Lipinski definition) is 1. The average molecular weight is 493 g/mol. The summed E-state index contributed by atoms with van der Waals surface area (Å²) < 4.78 is 3.13. The van der Waals surface area contributed by atoms with Crippen LogP contribution in [0.4, 0.5) is 0 Å². The Balaban J connectivity index is 1.00. The van der Waals surface area contributed by atoms with E-state index in [-0.39, 0.29) is 17.7 Å². The van der Waals surface area contributed by atoms with Gasteiger partial charge in [0.25, 0.3) is 5.91 Å². The first-order valence-electron chi connectivity index (χ1n) is 12.9. The molecule has 4 heterocycles. The normalized spacial score (nSPS) is 18.3. The van der Waals surface area contributed by atoms with E-state index in [0.717, 1.165) is 54.3 Å². The second-order valence-electron chi connectivity index (χ2n) is 10.1. The molecule has 3 aromatic rings. The van der Waals surface area contributed by atoms with Gasteiger partial charge in [-0.15, -0.1) is 11.3 Å². The van der Waals surface area contributed by atoms with Crippen molar-refractivity contribution in [3.63, 3.8) is 0 Å². The lowest BCUT2D eigenvalue weighted by molar-refractivity contribution is -0.126. The molecule has 2 fully saturated rings. The maximum absolute atomic E-state index is 13.0. The van der Waals surface area contributed by atoms with Gasteiger partial charge < -0.3 is 19.7 Å². The lowest BCUT2D eigenvalue weighted by atomic mass is 9.90. The minimum atomic E-state index is 0.00700. The second kappa shape index (κ2) is 11.0. The third-order valence-corrected chi connectivity index (χ3v) is 8.69. The molecule has 5 rings (SSSR count). The minimum Gasteiger partial charge on any atom is -0.355 e. The molecule has 0 aliphatic carbocycles. The predicted molar refractivity (Wildman–Crippen MR) is 142 cm³/mol. The van der Waals surface area contributed by atoms with Crippen LogP contribution in [0.3, 0.4) is 0 Å². The van der Waals surface area contributed by atoms with Crippen LogP contribution < -0.4 is 5.32 Å². The van der Waals surface area contributed by atoms with Crippen LogP contribution >= 0.6 is 11.3 Å². The third-order valence-electron chi connectivity index (χ3n) is 7.84. The number of aromatic nitrogens is 1. The lowest BCUT2D eigenvalue weighted by Crippen LogP contribution is -2.45. The maximum Gasteiger partial charge on any atom is 0.270 e. The van der Waals surface area contributed by atoms with E-state index in [2.05, 4.69) is 52.0 Å². The molecule has 0 spiro atoms. The molecule has 7 heteroatoms. The zero-order valence-electron chi connectivity index (χ0n) is 20.6. The number of piperidine rings is 2. The van der Waals surface area contributed by atoms with Crippen molar-refractivity contribution in [1.29, 1.82) is 0 Å². The number of hydrogen-bond acceptors (Lipinski definition) is 4. The molecule has 0 bridgehead atoms. The van der Waals surface area contributed by atoms with Crippen molar-refractivity contribution in [2.24, 2.45) is 18.9 Å². The Morgan fingerprint density at radius 1 is 1.00 bits per heavy atom. The zero-order chi connectivity index (χ0) is 24.2. The van der Waals surface area contributed by atoms with Crippen LogP contribution in [0.1, 0.15) is 41.7 Å². The summed E-state index contributed by atoms with van der Waals surface area (Å²) in [4.78, 5) is 30.2. The Bertz CT molecular complexity index is 1140. The fraction of sp³-hybridized carbons (Fsp3) is 0.500. The predicted octanol–water partition coefficient (Wildman–Crippen LogP) is 4.16. The third kappa shape index (κ3) is 5.62. The van der Waals surface area contributed by atoms with E-state index in [0.29, 0.717) is 19.6 Å². The van der Waals surface area contributed by atoms with E-state index in [1.165, 1.54) is 24.8 Å². The number of likely N-dealkylation sites (tertiary alicyclic amines) is 2. The van der Waals surface area contributed by atoms with Crippen LogP contribution in [0.25, 0.3) is 10.2 Å². The average Bonchev–Trinajstić information content (AvgIpc) is 3.48. The Hall–Kier alpha value is -2.64. The number of carbonyl (C=O) groups is 2. The number of benzene rings is 1. The SMILES string of the molecule is Cn1c(C(=O)N2CCC(C(=O)NCCN3CCC(Cc4ccccc4)CC3)CC2)cc2sccc21. The molecule has 1 aromatic carbocycles. The van der Waals surface area contributed by atoms with Crippen molar-refractivity contribution in [1.82, 2.24) is 19.7 Å². The highest BCUT2D eigenvalue weighted by atomic mass is 32.1. The first-order chi connectivity index (χ1) is 17.1. The molecule has 0 atom stereocenters. The number of carbonyl (C=O) groups excluding carboxylic acids is 2. The Labute approximate surface area is 211 Å². The molecular formula is C28H36N4O2S. The van der Waals surface area contributed by atoms with Crippen molar-refractivity contribution in [2.45, 2.75) is 32.1 Å².